The third-order valence-corrected chi connectivity index (χ3v) is 2.52. The van der Waals surface area contributed by atoms with Crippen LogP contribution in [-0.4, -0.2) is 17.6 Å². The van der Waals surface area contributed by atoms with Crippen LogP contribution < -0.4 is 11.1 Å². The Morgan fingerprint density at radius 3 is 2.37 bits per heavy atom. The van der Waals surface area contributed by atoms with Crippen LogP contribution in [-0.2, 0) is 11.3 Å². The van der Waals surface area contributed by atoms with Crippen molar-refractivity contribution in [2.75, 3.05) is 0 Å². The summed E-state index contributed by atoms with van der Waals surface area (Å²) in [4.78, 5) is 11.3. The zero-order valence-electron chi connectivity index (χ0n) is 9.81. The number of nitrogens with one attached hydrogen (secondary N) is 1. The van der Waals surface area contributed by atoms with Crippen LogP contribution in [0, 0.1) is 11.6 Å². The van der Waals surface area contributed by atoms with Crippen molar-refractivity contribution in [1.29, 1.82) is 0 Å². The number of hydrogen-bond acceptors (Lipinski definition) is 2. The van der Waals surface area contributed by atoms with Gasteiger partial charge in [0, 0.05) is 18.2 Å². The third-order valence-electron chi connectivity index (χ3n) is 2.52. The second-order valence-electron chi connectivity index (χ2n) is 4.12. The molecule has 1 aromatic rings. The van der Waals surface area contributed by atoms with Crippen molar-refractivity contribution >= 4 is 5.91 Å². The van der Waals surface area contributed by atoms with Crippen LogP contribution >= 0.6 is 0 Å². The molecule has 3 N–H and O–H groups in total. The largest absolute Gasteiger partial charge is 0.415 e. The molecular formula is C11H11F5N2O. The number of hydrogen-bond donors (Lipinski definition) is 2. The standard InChI is InChI=1S/C11H11F5N2O/c1-10(17,11(14,15)16)9(19)18-5-6-2-3-7(12)4-8(6)13/h2-4H,5,17H2,1H3,(H,18,19). The molecule has 0 saturated carbocycles. The summed E-state index contributed by atoms with van der Waals surface area (Å²) in [6, 6.07) is 2.51. The van der Waals surface area contributed by atoms with E-state index in [1.165, 1.54) is 0 Å². The van der Waals surface area contributed by atoms with Gasteiger partial charge in [-0.3, -0.25) is 4.79 Å². The van der Waals surface area contributed by atoms with E-state index in [-0.39, 0.29) is 5.56 Å². The van der Waals surface area contributed by atoms with E-state index in [1.54, 1.807) is 0 Å². The predicted molar refractivity (Wildman–Crippen MR) is 56.9 cm³/mol. The highest BCUT2D eigenvalue weighted by molar-refractivity contribution is 5.86. The van der Waals surface area contributed by atoms with Crippen LogP contribution in [0.4, 0.5) is 22.0 Å². The summed E-state index contributed by atoms with van der Waals surface area (Å²) in [7, 11) is 0. The molecule has 1 atom stereocenters. The monoisotopic (exact) mass is 282 g/mol. The van der Waals surface area contributed by atoms with Crippen LogP contribution in [0.1, 0.15) is 12.5 Å². The van der Waals surface area contributed by atoms with Crippen LogP contribution in [0.2, 0.25) is 0 Å². The van der Waals surface area contributed by atoms with Crippen molar-refractivity contribution in [2.24, 2.45) is 5.73 Å². The van der Waals surface area contributed by atoms with Crippen molar-refractivity contribution in [3.8, 4) is 0 Å². The van der Waals surface area contributed by atoms with Crippen LogP contribution in [0.3, 0.4) is 0 Å². The summed E-state index contributed by atoms with van der Waals surface area (Å²) >= 11 is 0. The molecule has 0 aliphatic heterocycles. The molecular weight excluding hydrogens is 271 g/mol. The van der Waals surface area contributed by atoms with Gasteiger partial charge in [0.15, 0.2) is 5.54 Å². The molecule has 0 spiro atoms. The number of amides is 1. The molecule has 0 heterocycles. The first-order valence-electron chi connectivity index (χ1n) is 5.13. The quantitative estimate of drug-likeness (QED) is 0.831. The van der Waals surface area contributed by atoms with Gasteiger partial charge in [0.25, 0.3) is 0 Å². The fraction of sp³-hybridized carbons (Fsp3) is 0.364. The van der Waals surface area contributed by atoms with Gasteiger partial charge in [-0.2, -0.15) is 13.2 Å². The third kappa shape index (κ3) is 3.40. The van der Waals surface area contributed by atoms with Gasteiger partial charge in [-0.15, -0.1) is 0 Å². The first-order chi connectivity index (χ1) is 8.55. The molecule has 0 saturated heterocycles. The van der Waals surface area contributed by atoms with Crippen molar-refractivity contribution in [3.05, 3.63) is 35.4 Å². The SMILES string of the molecule is CC(N)(C(=O)NCc1ccc(F)cc1F)C(F)(F)F. The lowest BCUT2D eigenvalue weighted by atomic mass is 10.0. The molecule has 1 amide bonds. The van der Waals surface area contributed by atoms with Gasteiger partial charge in [-0.1, -0.05) is 6.07 Å². The van der Waals surface area contributed by atoms with Gasteiger partial charge in [0.05, 0.1) is 0 Å². The molecule has 19 heavy (non-hydrogen) atoms. The number of benzene rings is 1. The Morgan fingerprint density at radius 2 is 1.89 bits per heavy atom. The van der Waals surface area contributed by atoms with Gasteiger partial charge >= 0.3 is 6.18 Å². The minimum absolute atomic E-state index is 0.146. The minimum atomic E-state index is -4.93. The lowest BCUT2D eigenvalue weighted by Crippen LogP contribution is -2.61. The predicted octanol–water partition coefficient (Wildman–Crippen LogP) is 1.86. The Hall–Kier alpha value is -1.70. The Labute approximate surface area is 105 Å². The molecule has 1 rings (SSSR count). The number of halogens is 5. The molecule has 1 aromatic carbocycles. The van der Waals surface area contributed by atoms with E-state index in [2.05, 4.69) is 0 Å². The fourth-order valence-electron chi connectivity index (χ4n) is 1.15. The minimum Gasteiger partial charge on any atom is -0.350 e. The van der Waals surface area contributed by atoms with Crippen molar-refractivity contribution < 1.29 is 26.7 Å². The van der Waals surface area contributed by atoms with Gasteiger partial charge in [-0.05, 0) is 13.0 Å². The topological polar surface area (TPSA) is 55.1 Å². The normalized spacial score (nSPS) is 14.9. The number of nitrogens with two attached hydrogens (primary N) is 1. The van der Waals surface area contributed by atoms with Crippen LogP contribution in [0.5, 0.6) is 0 Å². The average molecular weight is 282 g/mol. The van der Waals surface area contributed by atoms with Crippen LogP contribution in [0.25, 0.3) is 0 Å². The first kappa shape index (κ1) is 15.4. The Bertz CT molecular complexity index is 484. The van der Waals surface area contributed by atoms with Crippen molar-refractivity contribution in [2.45, 2.75) is 25.2 Å². The smallest absolute Gasteiger partial charge is 0.350 e. The summed E-state index contributed by atoms with van der Waals surface area (Å²) in [5.41, 5.74) is 1.65. The summed E-state index contributed by atoms with van der Waals surface area (Å²) in [5.74, 6) is -3.29. The summed E-state index contributed by atoms with van der Waals surface area (Å²) in [5, 5.41) is 1.86. The zero-order valence-corrected chi connectivity index (χ0v) is 9.81. The summed E-state index contributed by atoms with van der Waals surface area (Å²) in [6.45, 7) is -0.0167. The molecule has 106 valence electrons. The Balaban J connectivity index is 2.75. The maximum absolute atomic E-state index is 13.2. The highest BCUT2D eigenvalue weighted by Crippen LogP contribution is 2.28. The van der Waals surface area contributed by atoms with Gasteiger partial charge < -0.3 is 11.1 Å². The lowest BCUT2D eigenvalue weighted by Gasteiger charge is -2.26. The lowest BCUT2D eigenvalue weighted by molar-refractivity contribution is -0.187. The first-order valence-corrected chi connectivity index (χ1v) is 5.13. The van der Waals surface area contributed by atoms with E-state index in [0.717, 1.165) is 12.1 Å². The molecule has 0 bridgehead atoms. The maximum atomic E-state index is 13.2. The molecule has 0 aromatic heterocycles. The van der Waals surface area contributed by atoms with Gasteiger partial charge in [0.1, 0.15) is 11.6 Å². The van der Waals surface area contributed by atoms with E-state index in [4.69, 9.17) is 5.73 Å². The molecule has 3 nitrogen and oxygen atoms in total. The molecule has 0 radical (unpaired) electrons. The molecule has 8 heteroatoms. The summed E-state index contributed by atoms with van der Waals surface area (Å²) in [6.07, 6.45) is -4.93. The number of carbonyl (C=O) groups is 1. The van der Waals surface area contributed by atoms with E-state index in [1.807, 2.05) is 5.32 Å². The number of alkyl halides is 3. The zero-order chi connectivity index (χ0) is 14.8. The van der Waals surface area contributed by atoms with E-state index < -0.39 is 35.8 Å². The van der Waals surface area contributed by atoms with Gasteiger partial charge in [0.2, 0.25) is 5.91 Å². The maximum Gasteiger partial charge on any atom is 0.415 e. The van der Waals surface area contributed by atoms with E-state index >= 15 is 0 Å². The van der Waals surface area contributed by atoms with E-state index in [9.17, 15) is 26.7 Å². The van der Waals surface area contributed by atoms with E-state index in [0.29, 0.717) is 13.0 Å². The Morgan fingerprint density at radius 1 is 1.32 bits per heavy atom. The van der Waals surface area contributed by atoms with Crippen molar-refractivity contribution in [1.82, 2.24) is 5.32 Å². The number of carbonyl (C=O) groups excluding carboxylic acids is 1. The van der Waals surface area contributed by atoms with Gasteiger partial charge in [-0.25, -0.2) is 8.78 Å². The average Bonchev–Trinajstić information content (AvgIpc) is 2.25. The highest BCUT2D eigenvalue weighted by Gasteiger charge is 2.53. The van der Waals surface area contributed by atoms with Crippen molar-refractivity contribution in [3.63, 3.8) is 0 Å². The number of rotatable bonds is 3. The molecule has 1 unspecified atom stereocenters. The molecule has 0 fully saturated rings. The second kappa shape index (κ2) is 5.12. The molecule has 0 aliphatic carbocycles. The Kier molecular flexibility index (Phi) is 4.14. The van der Waals surface area contributed by atoms with Crippen LogP contribution in [0.15, 0.2) is 18.2 Å². The molecule has 0 aliphatic rings. The second-order valence-corrected chi connectivity index (χ2v) is 4.12. The fourth-order valence-corrected chi connectivity index (χ4v) is 1.15. The highest BCUT2D eigenvalue weighted by atomic mass is 19.4. The summed E-state index contributed by atoms with van der Waals surface area (Å²) < 4.78 is 63.1.